The van der Waals surface area contributed by atoms with Crippen molar-refractivity contribution in [2.24, 2.45) is 0 Å². The van der Waals surface area contributed by atoms with Gasteiger partial charge in [0.1, 0.15) is 16.9 Å². The molecule has 0 fully saturated rings. The maximum atomic E-state index is 11.6. The van der Waals surface area contributed by atoms with Gasteiger partial charge in [-0.15, -0.1) is 0 Å². The van der Waals surface area contributed by atoms with Crippen LogP contribution in [-0.2, 0) is 4.74 Å². The molecule has 2 N–H and O–H groups in total. The van der Waals surface area contributed by atoms with Crippen LogP contribution in [-0.4, -0.2) is 27.6 Å². The van der Waals surface area contributed by atoms with Crippen molar-refractivity contribution >= 4 is 11.9 Å². The number of hydrogen-bond donors (Lipinski definition) is 2. The van der Waals surface area contributed by atoms with Crippen LogP contribution in [0.15, 0.2) is 16.9 Å². The number of carbonyl (C=O) groups excluding carboxylic acids is 1. The molecule has 0 spiro atoms. The summed E-state index contributed by atoms with van der Waals surface area (Å²) in [7, 11) is 0. The molecular formula is C11H13NO5. The Balaban J connectivity index is 3.05. The number of nitrogens with one attached hydrogen (secondary N) is 1. The lowest BCUT2D eigenvalue weighted by Gasteiger charge is -2.19. The van der Waals surface area contributed by atoms with Gasteiger partial charge in [-0.1, -0.05) is 0 Å². The molecule has 1 rings (SSSR count). The number of esters is 1. The lowest BCUT2D eigenvalue weighted by atomic mass is 10.2. The van der Waals surface area contributed by atoms with Gasteiger partial charge in [0.05, 0.1) is 0 Å². The fraction of sp³-hybridized carbons (Fsp3) is 0.364. The van der Waals surface area contributed by atoms with Gasteiger partial charge in [0.2, 0.25) is 0 Å². The molecule has 17 heavy (non-hydrogen) atoms. The van der Waals surface area contributed by atoms with Crippen molar-refractivity contribution in [2.75, 3.05) is 0 Å². The molecule has 0 atom stereocenters. The third-order valence-corrected chi connectivity index (χ3v) is 1.76. The Morgan fingerprint density at radius 2 is 1.88 bits per heavy atom. The molecule has 92 valence electrons. The predicted octanol–water partition coefficient (Wildman–Crippen LogP) is 1.03. The molecular weight excluding hydrogens is 226 g/mol. The van der Waals surface area contributed by atoms with Gasteiger partial charge in [0, 0.05) is 0 Å². The van der Waals surface area contributed by atoms with Gasteiger partial charge in [0.25, 0.3) is 5.56 Å². The third kappa shape index (κ3) is 3.44. The topological polar surface area (TPSA) is 96.5 Å². The van der Waals surface area contributed by atoms with Gasteiger partial charge in [-0.05, 0) is 32.9 Å². The van der Waals surface area contributed by atoms with Crippen LogP contribution in [0.1, 0.15) is 41.6 Å². The van der Waals surface area contributed by atoms with Gasteiger partial charge < -0.3 is 14.8 Å². The zero-order chi connectivity index (χ0) is 13.2. The van der Waals surface area contributed by atoms with Crippen LogP contribution in [0, 0.1) is 0 Å². The van der Waals surface area contributed by atoms with Crippen molar-refractivity contribution in [1.29, 1.82) is 0 Å². The van der Waals surface area contributed by atoms with E-state index in [1.165, 1.54) is 0 Å². The Hall–Kier alpha value is -2.11. The van der Waals surface area contributed by atoms with Gasteiger partial charge in [-0.2, -0.15) is 0 Å². The number of ether oxygens (including phenoxy) is 1. The number of carboxylic acid groups (broad SMARTS) is 1. The van der Waals surface area contributed by atoms with E-state index in [2.05, 4.69) is 4.98 Å². The second-order valence-corrected chi connectivity index (χ2v) is 4.42. The highest BCUT2D eigenvalue weighted by Crippen LogP contribution is 2.09. The first-order valence-electron chi connectivity index (χ1n) is 4.90. The average Bonchev–Trinajstić information content (AvgIpc) is 2.14. The van der Waals surface area contributed by atoms with E-state index in [4.69, 9.17) is 9.84 Å². The number of hydrogen-bond acceptors (Lipinski definition) is 4. The summed E-state index contributed by atoms with van der Waals surface area (Å²) >= 11 is 0. The summed E-state index contributed by atoms with van der Waals surface area (Å²) in [5.41, 5.74) is -1.99. The van der Waals surface area contributed by atoms with Crippen molar-refractivity contribution in [3.05, 3.63) is 33.7 Å². The SMILES string of the molecule is CC(C)(C)OC(=O)c1ccc(C(=O)O)[nH]c1=O. The minimum atomic E-state index is -1.27. The van der Waals surface area contributed by atoms with E-state index in [1.54, 1.807) is 20.8 Å². The molecule has 1 aromatic heterocycles. The number of aromatic nitrogens is 1. The molecule has 0 amide bonds. The van der Waals surface area contributed by atoms with Gasteiger partial charge in [0.15, 0.2) is 0 Å². The molecule has 0 bridgehead atoms. The number of pyridine rings is 1. The lowest BCUT2D eigenvalue weighted by molar-refractivity contribution is 0.00670. The second kappa shape index (κ2) is 4.40. The fourth-order valence-corrected chi connectivity index (χ4v) is 1.09. The maximum Gasteiger partial charge on any atom is 0.352 e. The van der Waals surface area contributed by atoms with E-state index >= 15 is 0 Å². The number of rotatable bonds is 2. The molecule has 1 heterocycles. The predicted molar refractivity (Wildman–Crippen MR) is 59.2 cm³/mol. The molecule has 0 unspecified atom stereocenters. The molecule has 0 saturated heterocycles. The smallest absolute Gasteiger partial charge is 0.352 e. The zero-order valence-electron chi connectivity index (χ0n) is 9.73. The molecule has 0 aliphatic carbocycles. The summed E-state index contributed by atoms with van der Waals surface area (Å²) in [6, 6.07) is 2.28. The summed E-state index contributed by atoms with van der Waals surface area (Å²) in [5.74, 6) is -2.05. The minimum absolute atomic E-state index is 0.218. The van der Waals surface area contributed by atoms with Crippen molar-refractivity contribution in [3.63, 3.8) is 0 Å². The number of aromatic carboxylic acids is 1. The first-order chi connectivity index (χ1) is 7.70. The molecule has 6 nitrogen and oxygen atoms in total. The quantitative estimate of drug-likeness (QED) is 0.751. The van der Waals surface area contributed by atoms with Crippen molar-refractivity contribution in [1.82, 2.24) is 4.98 Å². The van der Waals surface area contributed by atoms with E-state index in [1.807, 2.05) is 0 Å². The number of carbonyl (C=O) groups is 2. The number of H-pyrrole nitrogens is 1. The summed E-state index contributed by atoms with van der Waals surface area (Å²) < 4.78 is 5.00. The standard InChI is InChI=1S/C11H13NO5/c1-11(2,3)17-10(16)6-4-5-7(9(14)15)12-8(6)13/h4-5H,1-3H3,(H,12,13)(H,14,15). The van der Waals surface area contributed by atoms with Crippen LogP contribution < -0.4 is 5.56 Å². The Kier molecular flexibility index (Phi) is 3.36. The molecule has 0 aliphatic rings. The Morgan fingerprint density at radius 3 is 2.29 bits per heavy atom. The first kappa shape index (κ1) is 13.0. The number of carboxylic acids is 1. The van der Waals surface area contributed by atoms with E-state index in [0.29, 0.717) is 0 Å². The van der Waals surface area contributed by atoms with Crippen LogP contribution in [0.3, 0.4) is 0 Å². The molecule has 0 aromatic carbocycles. The summed E-state index contributed by atoms with van der Waals surface area (Å²) in [4.78, 5) is 35.7. The average molecular weight is 239 g/mol. The van der Waals surface area contributed by atoms with Crippen molar-refractivity contribution in [3.8, 4) is 0 Å². The van der Waals surface area contributed by atoms with Crippen LogP contribution in [0.4, 0.5) is 0 Å². The number of aromatic amines is 1. The highest BCUT2D eigenvalue weighted by atomic mass is 16.6. The summed E-state index contributed by atoms with van der Waals surface area (Å²) in [6.07, 6.45) is 0. The van der Waals surface area contributed by atoms with Gasteiger partial charge >= 0.3 is 11.9 Å². The third-order valence-electron chi connectivity index (χ3n) is 1.76. The Morgan fingerprint density at radius 1 is 1.29 bits per heavy atom. The molecule has 0 saturated carbocycles. The van der Waals surface area contributed by atoms with Crippen LogP contribution in [0.25, 0.3) is 0 Å². The fourth-order valence-electron chi connectivity index (χ4n) is 1.09. The second-order valence-electron chi connectivity index (χ2n) is 4.42. The molecule has 6 heteroatoms. The van der Waals surface area contributed by atoms with Gasteiger partial charge in [-0.25, -0.2) is 9.59 Å². The summed E-state index contributed by atoms with van der Waals surface area (Å²) in [5, 5.41) is 8.64. The highest BCUT2D eigenvalue weighted by molar-refractivity contribution is 5.91. The maximum absolute atomic E-state index is 11.6. The Labute approximate surface area is 97.2 Å². The van der Waals surface area contributed by atoms with E-state index < -0.39 is 23.1 Å². The van der Waals surface area contributed by atoms with E-state index in [0.717, 1.165) is 12.1 Å². The molecule has 0 radical (unpaired) electrons. The van der Waals surface area contributed by atoms with Crippen LogP contribution >= 0.6 is 0 Å². The summed E-state index contributed by atoms with van der Waals surface area (Å²) in [6.45, 7) is 5.01. The van der Waals surface area contributed by atoms with E-state index in [9.17, 15) is 14.4 Å². The monoisotopic (exact) mass is 239 g/mol. The zero-order valence-corrected chi connectivity index (χ0v) is 9.73. The molecule has 0 aliphatic heterocycles. The van der Waals surface area contributed by atoms with Crippen LogP contribution in [0.5, 0.6) is 0 Å². The largest absolute Gasteiger partial charge is 0.477 e. The van der Waals surface area contributed by atoms with Crippen molar-refractivity contribution in [2.45, 2.75) is 26.4 Å². The molecule has 1 aromatic rings. The van der Waals surface area contributed by atoms with Crippen LogP contribution in [0.2, 0.25) is 0 Å². The normalized spacial score (nSPS) is 11.0. The van der Waals surface area contributed by atoms with Gasteiger partial charge in [-0.3, -0.25) is 4.79 Å². The minimum Gasteiger partial charge on any atom is -0.477 e. The highest BCUT2D eigenvalue weighted by Gasteiger charge is 2.20. The van der Waals surface area contributed by atoms with E-state index in [-0.39, 0.29) is 11.3 Å². The Bertz CT molecular complexity index is 509. The first-order valence-corrected chi connectivity index (χ1v) is 4.90. The lowest BCUT2D eigenvalue weighted by Crippen LogP contribution is -2.28. The van der Waals surface area contributed by atoms with Crippen molar-refractivity contribution < 1.29 is 19.4 Å².